The highest BCUT2D eigenvalue weighted by atomic mass is 16.1. The maximum Gasteiger partial charge on any atom is 0.223 e. The molecule has 1 aliphatic carbocycles. The van der Waals surface area contributed by atoms with Gasteiger partial charge in [-0.3, -0.25) is 9.78 Å². The summed E-state index contributed by atoms with van der Waals surface area (Å²) in [5.74, 6) is 1.36. The van der Waals surface area contributed by atoms with E-state index < -0.39 is 0 Å². The van der Waals surface area contributed by atoms with Crippen LogP contribution >= 0.6 is 0 Å². The van der Waals surface area contributed by atoms with Gasteiger partial charge < -0.3 is 15.5 Å². The molecule has 1 saturated carbocycles. The van der Waals surface area contributed by atoms with Crippen molar-refractivity contribution < 1.29 is 4.79 Å². The molecule has 0 atom stereocenters. The van der Waals surface area contributed by atoms with Crippen molar-refractivity contribution in [2.45, 2.75) is 110 Å². The normalized spacial score (nSPS) is 20.7. The first-order valence-corrected chi connectivity index (χ1v) is 15.6. The first-order chi connectivity index (χ1) is 19.4. The highest BCUT2D eigenvalue weighted by molar-refractivity contribution is 5.92. The predicted molar refractivity (Wildman–Crippen MR) is 171 cm³/mol. The minimum Gasteiger partial charge on any atom is -0.382 e. The molecule has 6 heteroatoms. The standard InChI is InChI=1S/C35H49N5O/c1-23-8-14-29-28(20-23)30(21-31(39-29)35(5,6)7)37-26-10-12-27(13-11-26)38-33(41)24-16-18-40(19-17-24)32-15-9-25(22-36-32)34(2,3)4/h8-9,14-15,20-22,24,26-27H,10-13,16-19H2,1-7H3,(H,37,39)(H,38,41). The van der Waals surface area contributed by atoms with Gasteiger partial charge in [0, 0.05) is 59.5 Å². The lowest BCUT2D eigenvalue weighted by molar-refractivity contribution is -0.126. The van der Waals surface area contributed by atoms with Crippen LogP contribution in [0.15, 0.2) is 42.6 Å². The molecule has 0 bridgehead atoms. The zero-order valence-electron chi connectivity index (χ0n) is 26.2. The van der Waals surface area contributed by atoms with Crippen molar-refractivity contribution >= 4 is 28.3 Å². The lowest BCUT2D eigenvalue weighted by Crippen LogP contribution is -2.46. The molecule has 41 heavy (non-hydrogen) atoms. The lowest BCUT2D eigenvalue weighted by atomic mass is 9.88. The van der Waals surface area contributed by atoms with Crippen LogP contribution in [0.1, 0.15) is 96.9 Å². The minimum atomic E-state index is -0.0129. The van der Waals surface area contributed by atoms with Crippen molar-refractivity contribution in [3.05, 3.63) is 59.4 Å². The van der Waals surface area contributed by atoms with E-state index in [-0.39, 0.29) is 28.7 Å². The first kappa shape index (κ1) is 29.3. The average Bonchev–Trinajstić information content (AvgIpc) is 2.93. The van der Waals surface area contributed by atoms with Crippen molar-refractivity contribution in [3.8, 4) is 0 Å². The van der Waals surface area contributed by atoms with Crippen LogP contribution in [0.4, 0.5) is 11.5 Å². The molecule has 2 aliphatic rings. The molecule has 1 amide bonds. The number of amides is 1. The zero-order valence-corrected chi connectivity index (χ0v) is 26.2. The van der Waals surface area contributed by atoms with Gasteiger partial charge in [-0.2, -0.15) is 0 Å². The molecule has 220 valence electrons. The number of carbonyl (C=O) groups is 1. The highest BCUT2D eigenvalue weighted by Gasteiger charge is 2.29. The Morgan fingerprint density at radius 1 is 0.854 bits per heavy atom. The first-order valence-electron chi connectivity index (χ1n) is 15.6. The maximum atomic E-state index is 13.2. The molecule has 2 N–H and O–H groups in total. The number of anilines is 2. The topological polar surface area (TPSA) is 70.2 Å². The van der Waals surface area contributed by atoms with Crippen molar-refractivity contribution in [2.24, 2.45) is 5.92 Å². The van der Waals surface area contributed by atoms with E-state index in [1.807, 2.05) is 6.20 Å². The third-order valence-electron chi connectivity index (χ3n) is 8.97. The van der Waals surface area contributed by atoms with Gasteiger partial charge in [-0.25, -0.2) is 4.98 Å². The summed E-state index contributed by atoms with van der Waals surface area (Å²) in [4.78, 5) is 25.2. The quantitative estimate of drug-likeness (QED) is 0.346. The van der Waals surface area contributed by atoms with Crippen LogP contribution in [0.2, 0.25) is 0 Å². The van der Waals surface area contributed by atoms with E-state index in [0.717, 1.165) is 68.6 Å². The van der Waals surface area contributed by atoms with Gasteiger partial charge in [-0.05, 0) is 80.7 Å². The van der Waals surface area contributed by atoms with E-state index in [1.165, 1.54) is 22.2 Å². The molecule has 1 saturated heterocycles. The molecular weight excluding hydrogens is 506 g/mol. The average molecular weight is 556 g/mol. The van der Waals surface area contributed by atoms with Crippen molar-refractivity contribution in [1.29, 1.82) is 0 Å². The third-order valence-corrected chi connectivity index (χ3v) is 8.97. The maximum absolute atomic E-state index is 13.2. The molecule has 0 spiro atoms. The van der Waals surface area contributed by atoms with E-state index in [2.05, 4.69) is 100 Å². The summed E-state index contributed by atoms with van der Waals surface area (Å²) < 4.78 is 0. The number of hydrogen-bond donors (Lipinski definition) is 2. The lowest BCUT2D eigenvalue weighted by Gasteiger charge is -2.35. The van der Waals surface area contributed by atoms with E-state index >= 15 is 0 Å². The summed E-state index contributed by atoms with van der Waals surface area (Å²) in [6, 6.07) is 13.8. The van der Waals surface area contributed by atoms with Gasteiger partial charge in [0.05, 0.1) is 5.52 Å². The number of carbonyl (C=O) groups excluding carboxylic acids is 1. The monoisotopic (exact) mass is 555 g/mol. The molecule has 6 nitrogen and oxygen atoms in total. The van der Waals surface area contributed by atoms with Gasteiger partial charge in [0.1, 0.15) is 5.82 Å². The molecule has 5 rings (SSSR count). The molecule has 3 aromatic rings. The van der Waals surface area contributed by atoms with Crippen LogP contribution in [0, 0.1) is 12.8 Å². The fourth-order valence-corrected chi connectivity index (χ4v) is 6.15. The molecule has 1 aliphatic heterocycles. The Bertz CT molecular complexity index is 1350. The molecule has 3 heterocycles. The SMILES string of the molecule is Cc1ccc2nc(C(C)(C)C)cc(NC3CCC(NC(=O)C4CCN(c5ccc(C(C)(C)C)cn5)CC4)CC3)c2c1. The number of aryl methyl sites for hydroxylation is 1. The van der Waals surface area contributed by atoms with Crippen LogP contribution in [0.25, 0.3) is 10.9 Å². The second-order valence-corrected chi connectivity index (χ2v) is 14.4. The number of aromatic nitrogens is 2. The fraction of sp³-hybridized carbons (Fsp3) is 0.571. The van der Waals surface area contributed by atoms with Crippen LogP contribution in [0.3, 0.4) is 0 Å². The Balaban J connectivity index is 1.12. The van der Waals surface area contributed by atoms with E-state index in [0.29, 0.717) is 6.04 Å². The second kappa shape index (κ2) is 11.6. The fourth-order valence-electron chi connectivity index (χ4n) is 6.15. The van der Waals surface area contributed by atoms with E-state index in [1.54, 1.807) is 0 Å². The minimum absolute atomic E-state index is 0.0129. The Labute approximate surface area is 246 Å². The molecular formula is C35H49N5O. The molecule has 1 aromatic carbocycles. The Hall–Kier alpha value is -3.15. The smallest absolute Gasteiger partial charge is 0.223 e. The van der Waals surface area contributed by atoms with Crippen LogP contribution in [0.5, 0.6) is 0 Å². The van der Waals surface area contributed by atoms with Crippen LogP contribution < -0.4 is 15.5 Å². The molecule has 2 fully saturated rings. The number of nitrogens with zero attached hydrogens (tertiary/aromatic N) is 3. The predicted octanol–water partition coefficient (Wildman–Crippen LogP) is 7.29. The number of pyridine rings is 2. The molecule has 0 radical (unpaired) electrons. The van der Waals surface area contributed by atoms with Crippen LogP contribution in [-0.4, -0.2) is 41.0 Å². The number of fused-ring (bicyclic) bond motifs is 1. The number of nitrogens with one attached hydrogen (secondary N) is 2. The van der Waals surface area contributed by atoms with E-state index in [4.69, 9.17) is 9.97 Å². The summed E-state index contributed by atoms with van der Waals surface area (Å²) in [6.07, 6.45) is 7.91. The second-order valence-electron chi connectivity index (χ2n) is 14.4. The number of hydrogen-bond acceptors (Lipinski definition) is 5. The Morgan fingerprint density at radius 3 is 2.15 bits per heavy atom. The molecule has 0 unspecified atom stereocenters. The Morgan fingerprint density at radius 2 is 1.54 bits per heavy atom. The van der Waals surface area contributed by atoms with Gasteiger partial charge in [0.2, 0.25) is 5.91 Å². The van der Waals surface area contributed by atoms with Gasteiger partial charge in [0.15, 0.2) is 0 Å². The largest absolute Gasteiger partial charge is 0.382 e. The number of rotatable bonds is 5. The number of piperidine rings is 1. The van der Waals surface area contributed by atoms with Crippen molar-refractivity contribution in [3.63, 3.8) is 0 Å². The van der Waals surface area contributed by atoms with Crippen LogP contribution in [-0.2, 0) is 15.6 Å². The highest BCUT2D eigenvalue weighted by Crippen LogP contribution is 2.33. The summed E-state index contributed by atoms with van der Waals surface area (Å²) >= 11 is 0. The summed E-state index contributed by atoms with van der Waals surface area (Å²) in [5, 5.41) is 8.47. The van der Waals surface area contributed by atoms with Gasteiger partial charge in [-0.1, -0.05) is 59.2 Å². The summed E-state index contributed by atoms with van der Waals surface area (Å²) in [5.41, 5.74) is 5.94. The van der Waals surface area contributed by atoms with Crippen molar-refractivity contribution in [2.75, 3.05) is 23.3 Å². The van der Waals surface area contributed by atoms with Gasteiger partial charge >= 0.3 is 0 Å². The van der Waals surface area contributed by atoms with E-state index in [9.17, 15) is 4.79 Å². The van der Waals surface area contributed by atoms with Gasteiger partial charge in [-0.15, -0.1) is 0 Å². The van der Waals surface area contributed by atoms with Gasteiger partial charge in [0.25, 0.3) is 0 Å². The number of benzene rings is 1. The summed E-state index contributed by atoms with van der Waals surface area (Å²) in [6.45, 7) is 17.2. The summed E-state index contributed by atoms with van der Waals surface area (Å²) in [7, 11) is 0. The molecule has 2 aromatic heterocycles. The Kier molecular flexibility index (Phi) is 8.31. The van der Waals surface area contributed by atoms with Crippen molar-refractivity contribution in [1.82, 2.24) is 15.3 Å². The third kappa shape index (κ3) is 7.02. The zero-order chi connectivity index (χ0) is 29.4.